The minimum atomic E-state index is -0.0790. The van der Waals surface area contributed by atoms with Crippen LogP contribution >= 0.6 is 24.0 Å². The number of carbonyl (C=O) groups excluding carboxylic acids is 1. The number of guanidine groups is 1. The highest BCUT2D eigenvalue weighted by Crippen LogP contribution is 2.19. The smallest absolute Gasteiger partial charge is 0.239 e. The molecule has 0 saturated carbocycles. The highest BCUT2D eigenvalue weighted by Gasteiger charge is 2.08. The standard InChI is InChI=1S/C24H29N5O2.HI/c1-3-25-24(28-16-22(30)26-14-13-19-7-5-4-6-8-19)27-15-21-17-31-23(29-21)20-11-9-18(2)10-12-20;/h4-12,17H,3,13-16H2,1-2H3,(H,26,30)(H2,25,27,28);1H. The van der Waals surface area contributed by atoms with Gasteiger partial charge in [-0.25, -0.2) is 9.98 Å². The van der Waals surface area contributed by atoms with E-state index in [0.29, 0.717) is 31.5 Å². The number of rotatable bonds is 9. The van der Waals surface area contributed by atoms with Crippen LogP contribution in [-0.2, 0) is 17.8 Å². The maximum Gasteiger partial charge on any atom is 0.239 e. The van der Waals surface area contributed by atoms with Crippen molar-refractivity contribution in [3.63, 3.8) is 0 Å². The van der Waals surface area contributed by atoms with E-state index in [-0.39, 0.29) is 36.4 Å². The number of hydrogen-bond acceptors (Lipinski definition) is 4. The molecule has 0 atom stereocenters. The van der Waals surface area contributed by atoms with Crippen molar-refractivity contribution in [2.45, 2.75) is 26.8 Å². The summed E-state index contributed by atoms with van der Waals surface area (Å²) in [4.78, 5) is 21.1. The first-order chi connectivity index (χ1) is 15.1. The summed E-state index contributed by atoms with van der Waals surface area (Å²) in [7, 11) is 0. The fraction of sp³-hybridized carbons (Fsp3) is 0.292. The first kappa shape index (κ1) is 25.4. The van der Waals surface area contributed by atoms with E-state index in [9.17, 15) is 4.79 Å². The van der Waals surface area contributed by atoms with Gasteiger partial charge in [0.05, 0.1) is 13.1 Å². The molecule has 0 aliphatic carbocycles. The van der Waals surface area contributed by atoms with Crippen LogP contribution in [0.5, 0.6) is 0 Å². The van der Waals surface area contributed by atoms with Gasteiger partial charge in [0.25, 0.3) is 0 Å². The Morgan fingerprint density at radius 1 is 1.03 bits per heavy atom. The molecule has 8 heteroatoms. The van der Waals surface area contributed by atoms with E-state index in [1.807, 2.05) is 56.3 Å². The fourth-order valence-electron chi connectivity index (χ4n) is 2.93. The molecular weight excluding hydrogens is 517 g/mol. The number of aromatic nitrogens is 1. The van der Waals surface area contributed by atoms with Crippen molar-refractivity contribution in [2.75, 3.05) is 19.6 Å². The Balaban J connectivity index is 0.00000363. The molecule has 3 N–H and O–H groups in total. The fourth-order valence-corrected chi connectivity index (χ4v) is 2.93. The summed E-state index contributed by atoms with van der Waals surface area (Å²) in [6.07, 6.45) is 2.41. The lowest BCUT2D eigenvalue weighted by Gasteiger charge is -2.11. The third-order valence-corrected chi connectivity index (χ3v) is 4.59. The van der Waals surface area contributed by atoms with Gasteiger partial charge in [-0.3, -0.25) is 4.79 Å². The molecule has 0 fully saturated rings. The van der Waals surface area contributed by atoms with Crippen molar-refractivity contribution in [3.05, 3.63) is 77.7 Å². The summed E-state index contributed by atoms with van der Waals surface area (Å²) in [5.74, 6) is 1.05. The lowest BCUT2D eigenvalue weighted by Crippen LogP contribution is -2.43. The van der Waals surface area contributed by atoms with E-state index < -0.39 is 0 Å². The number of halogens is 1. The molecule has 1 aromatic heterocycles. The Kier molecular flexibility index (Phi) is 10.7. The van der Waals surface area contributed by atoms with Gasteiger partial charge < -0.3 is 20.4 Å². The highest BCUT2D eigenvalue weighted by atomic mass is 127. The molecule has 32 heavy (non-hydrogen) atoms. The number of carbonyl (C=O) groups is 1. The average molecular weight is 547 g/mol. The van der Waals surface area contributed by atoms with Crippen LogP contribution in [0.15, 0.2) is 70.3 Å². The van der Waals surface area contributed by atoms with Crippen LogP contribution in [0.4, 0.5) is 0 Å². The predicted molar refractivity (Wildman–Crippen MR) is 138 cm³/mol. The number of hydrogen-bond donors (Lipinski definition) is 3. The second-order valence-corrected chi connectivity index (χ2v) is 7.14. The van der Waals surface area contributed by atoms with E-state index in [0.717, 1.165) is 17.7 Å². The molecule has 0 aliphatic heterocycles. The average Bonchev–Trinajstić information content (AvgIpc) is 3.26. The molecule has 170 valence electrons. The Morgan fingerprint density at radius 3 is 2.50 bits per heavy atom. The van der Waals surface area contributed by atoms with Gasteiger partial charge in [0, 0.05) is 18.7 Å². The normalized spacial score (nSPS) is 10.9. The zero-order chi connectivity index (χ0) is 21.9. The van der Waals surface area contributed by atoms with Gasteiger partial charge in [0.2, 0.25) is 11.8 Å². The van der Waals surface area contributed by atoms with Gasteiger partial charge in [0.1, 0.15) is 12.0 Å². The van der Waals surface area contributed by atoms with Crippen LogP contribution in [0.25, 0.3) is 11.5 Å². The second kappa shape index (κ2) is 13.5. The molecule has 0 saturated heterocycles. The van der Waals surface area contributed by atoms with Gasteiger partial charge in [-0.1, -0.05) is 48.0 Å². The summed E-state index contributed by atoms with van der Waals surface area (Å²) in [5.41, 5.74) is 4.03. The van der Waals surface area contributed by atoms with Gasteiger partial charge in [0.15, 0.2) is 5.96 Å². The van der Waals surface area contributed by atoms with Crippen molar-refractivity contribution in [1.82, 2.24) is 20.9 Å². The van der Waals surface area contributed by atoms with Crippen molar-refractivity contribution >= 4 is 35.8 Å². The minimum absolute atomic E-state index is 0. The Labute approximate surface area is 206 Å². The number of aryl methyl sites for hydroxylation is 1. The van der Waals surface area contributed by atoms with Crippen LogP contribution in [-0.4, -0.2) is 36.5 Å². The maximum absolute atomic E-state index is 12.1. The van der Waals surface area contributed by atoms with Crippen LogP contribution in [0, 0.1) is 6.92 Å². The lowest BCUT2D eigenvalue weighted by atomic mass is 10.1. The molecule has 0 radical (unpaired) electrons. The molecule has 1 heterocycles. The van der Waals surface area contributed by atoms with Crippen molar-refractivity contribution in [3.8, 4) is 11.5 Å². The zero-order valence-corrected chi connectivity index (χ0v) is 20.8. The molecule has 0 spiro atoms. The molecule has 3 rings (SSSR count). The van der Waals surface area contributed by atoms with Crippen molar-refractivity contribution in [2.24, 2.45) is 4.99 Å². The SMILES string of the molecule is CCNC(=NCc1coc(-c2ccc(C)cc2)n1)NCC(=O)NCCc1ccccc1.I. The minimum Gasteiger partial charge on any atom is -0.444 e. The first-order valence-electron chi connectivity index (χ1n) is 10.5. The zero-order valence-electron chi connectivity index (χ0n) is 18.4. The monoisotopic (exact) mass is 547 g/mol. The van der Waals surface area contributed by atoms with Gasteiger partial charge in [-0.05, 0) is 38.0 Å². The van der Waals surface area contributed by atoms with E-state index in [1.54, 1.807) is 6.26 Å². The summed E-state index contributed by atoms with van der Waals surface area (Å²) in [5, 5.41) is 9.10. The van der Waals surface area contributed by atoms with Gasteiger partial charge >= 0.3 is 0 Å². The Hall–Kier alpha value is -2.88. The van der Waals surface area contributed by atoms with E-state index in [1.165, 1.54) is 11.1 Å². The summed E-state index contributed by atoms with van der Waals surface area (Å²) < 4.78 is 5.58. The third-order valence-electron chi connectivity index (χ3n) is 4.59. The topological polar surface area (TPSA) is 91.6 Å². The highest BCUT2D eigenvalue weighted by molar-refractivity contribution is 14.0. The quantitative estimate of drug-likeness (QED) is 0.216. The summed E-state index contributed by atoms with van der Waals surface area (Å²) >= 11 is 0. The summed E-state index contributed by atoms with van der Waals surface area (Å²) in [6.45, 7) is 5.79. The number of nitrogens with zero attached hydrogens (tertiary/aromatic N) is 2. The van der Waals surface area contributed by atoms with Crippen molar-refractivity contribution < 1.29 is 9.21 Å². The van der Waals surface area contributed by atoms with Crippen LogP contribution in [0.2, 0.25) is 0 Å². The lowest BCUT2D eigenvalue weighted by molar-refractivity contribution is -0.119. The molecule has 0 bridgehead atoms. The maximum atomic E-state index is 12.1. The van der Waals surface area contributed by atoms with Crippen molar-refractivity contribution in [1.29, 1.82) is 0 Å². The number of aliphatic imine (C=N–C) groups is 1. The molecular formula is C24H30IN5O2. The predicted octanol–water partition coefficient (Wildman–Crippen LogP) is 3.68. The van der Waals surface area contributed by atoms with Gasteiger partial charge in [-0.2, -0.15) is 0 Å². The largest absolute Gasteiger partial charge is 0.444 e. The molecule has 2 aromatic carbocycles. The van der Waals surface area contributed by atoms with Gasteiger partial charge in [-0.15, -0.1) is 24.0 Å². The molecule has 0 aliphatic rings. The molecule has 1 amide bonds. The van der Waals surface area contributed by atoms with Crippen LogP contribution in [0.1, 0.15) is 23.7 Å². The molecule has 3 aromatic rings. The number of nitrogens with one attached hydrogen (secondary N) is 3. The van der Waals surface area contributed by atoms with Crippen LogP contribution in [0.3, 0.4) is 0 Å². The number of amides is 1. The summed E-state index contributed by atoms with van der Waals surface area (Å²) in [6, 6.07) is 18.1. The second-order valence-electron chi connectivity index (χ2n) is 7.14. The number of oxazole rings is 1. The first-order valence-corrected chi connectivity index (χ1v) is 10.5. The number of benzene rings is 2. The molecule has 0 unspecified atom stereocenters. The van der Waals surface area contributed by atoms with E-state index in [4.69, 9.17) is 4.42 Å². The Bertz CT molecular complexity index is 987. The van der Waals surface area contributed by atoms with E-state index in [2.05, 4.69) is 38.1 Å². The van der Waals surface area contributed by atoms with Crippen LogP contribution < -0.4 is 16.0 Å². The molecule has 7 nitrogen and oxygen atoms in total. The Morgan fingerprint density at radius 2 is 1.78 bits per heavy atom. The van der Waals surface area contributed by atoms with E-state index >= 15 is 0 Å². The third kappa shape index (κ3) is 8.33.